The van der Waals surface area contributed by atoms with E-state index in [4.69, 9.17) is 23.8 Å². The molecular weight excluding hydrogens is 382 g/mol. The molecule has 0 aromatic heterocycles. The van der Waals surface area contributed by atoms with Crippen molar-refractivity contribution < 1.29 is 23.8 Å². The molecule has 0 N–H and O–H groups in total. The van der Waals surface area contributed by atoms with Gasteiger partial charge in [0.15, 0.2) is 0 Å². The predicted molar refractivity (Wildman–Crippen MR) is 117 cm³/mol. The van der Waals surface area contributed by atoms with Gasteiger partial charge in [0.1, 0.15) is 0 Å². The van der Waals surface area contributed by atoms with Crippen molar-refractivity contribution in [1.82, 2.24) is 5.06 Å². The standard InChI is InChI=1S/C24H45NO5/c1-22(2,3)29-20-13-19(14-20)27-11-7-9-26-10-8-12-28-21-15-24(16-21)17-25(18-24)30-23(4,5)6/h19-21H,7-18H2,1-6H3. The zero-order valence-corrected chi connectivity index (χ0v) is 20.2. The van der Waals surface area contributed by atoms with E-state index in [1.165, 1.54) is 12.8 Å². The van der Waals surface area contributed by atoms with E-state index in [0.717, 1.165) is 65.2 Å². The summed E-state index contributed by atoms with van der Waals surface area (Å²) in [5.74, 6) is 0. The second-order valence-corrected chi connectivity index (χ2v) is 11.5. The highest BCUT2D eigenvalue weighted by atomic mass is 16.7. The Hall–Kier alpha value is -0.240. The summed E-state index contributed by atoms with van der Waals surface area (Å²) in [4.78, 5) is 5.90. The van der Waals surface area contributed by atoms with Gasteiger partial charge >= 0.3 is 0 Å². The van der Waals surface area contributed by atoms with E-state index in [1.54, 1.807) is 0 Å². The molecular formula is C24H45NO5. The minimum absolute atomic E-state index is 0.0489. The Morgan fingerprint density at radius 2 is 1.30 bits per heavy atom. The topological polar surface area (TPSA) is 49.4 Å². The summed E-state index contributed by atoms with van der Waals surface area (Å²) >= 11 is 0. The Bertz CT molecular complexity index is 507. The van der Waals surface area contributed by atoms with Gasteiger partial charge in [-0.25, -0.2) is 0 Å². The largest absolute Gasteiger partial charge is 0.381 e. The summed E-state index contributed by atoms with van der Waals surface area (Å²) in [7, 11) is 0. The summed E-state index contributed by atoms with van der Waals surface area (Å²) in [6.45, 7) is 17.9. The maximum absolute atomic E-state index is 6.00. The quantitative estimate of drug-likeness (QED) is 0.432. The molecule has 3 rings (SSSR count). The molecule has 6 heteroatoms. The van der Waals surface area contributed by atoms with Gasteiger partial charge in [0, 0.05) is 44.9 Å². The average Bonchev–Trinajstić information content (AvgIpc) is 2.50. The van der Waals surface area contributed by atoms with Crippen molar-refractivity contribution in [2.75, 3.05) is 39.5 Å². The molecule has 0 unspecified atom stereocenters. The lowest BCUT2D eigenvalue weighted by Gasteiger charge is -2.58. The molecule has 0 radical (unpaired) electrons. The van der Waals surface area contributed by atoms with E-state index >= 15 is 0 Å². The van der Waals surface area contributed by atoms with Crippen LogP contribution >= 0.6 is 0 Å². The van der Waals surface area contributed by atoms with E-state index in [1.807, 2.05) is 0 Å². The molecule has 176 valence electrons. The van der Waals surface area contributed by atoms with Crippen LogP contribution in [-0.4, -0.2) is 74.1 Å². The van der Waals surface area contributed by atoms with Crippen LogP contribution in [0.3, 0.4) is 0 Å². The molecule has 6 nitrogen and oxygen atoms in total. The van der Waals surface area contributed by atoms with Crippen molar-refractivity contribution in [1.29, 1.82) is 0 Å². The molecule has 0 bridgehead atoms. The molecule has 1 aliphatic heterocycles. The molecule has 1 saturated heterocycles. The molecule has 1 heterocycles. The van der Waals surface area contributed by atoms with Crippen LogP contribution in [0.15, 0.2) is 0 Å². The number of rotatable bonds is 12. The molecule has 2 aliphatic carbocycles. The van der Waals surface area contributed by atoms with E-state index < -0.39 is 0 Å². The molecule has 3 aliphatic rings. The lowest BCUT2D eigenvalue weighted by atomic mass is 9.62. The fourth-order valence-corrected chi connectivity index (χ4v) is 4.61. The summed E-state index contributed by atoms with van der Waals surface area (Å²) in [6.07, 6.45) is 7.52. The van der Waals surface area contributed by atoms with Crippen molar-refractivity contribution >= 4 is 0 Å². The van der Waals surface area contributed by atoms with Crippen molar-refractivity contribution in [3.05, 3.63) is 0 Å². The van der Waals surface area contributed by atoms with Crippen molar-refractivity contribution in [2.45, 2.75) is 110 Å². The summed E-state index contributed by atoms with van der Waals surface area (Å²) in [5.41, 5.74) is 0.327. The van der Waals surface area contributed by atoms with Gasteiger partial charge in [-0.2, -0.15) is 5.06 Å². The number of hydrogen-bond acceptors (Lipinski definition) is 6. The maximum Gasteiger partial charge on any atom is 0.0815 e. The number of hydroxylamine groups is 2. The first-order valence-electron chi connectivity index (χ1n) is 11.9. The molecule has 0 aromatic carbocycles. The molecule has 30 heavy (non-hydrogen) atoms. The second-order valence-electron chi connectivity index (χ2n) is 11.5. The first kappa shape index (κ1) is 24.4. The van der Waals surface area contributed by atoms with Crippen LogP contribution in [0.4, 0.5) is 0 Å². The Morgan fingerprint density at radius 3 is 1.83 bits per heavy atom. The predicted octanol–water partition coefficient (Wildman–Crippen LogP) is 4.36. The van der Waals surface area contributed by atoms with Crippen LogP contribution in [0, 0.1) is 5.41 Å². The summed E-state index contributed by atoms with van der Waals surface area (Å²) < 4.78 is 23.5. The van der Waals surface area contributed by atoms with Gasteiger partial charge in [-0.3, -0.25) is 4.84 Å². The SMILES string of the molecule is CC(C)(C)OC1CC(OCCCOCCCOC2CC3(C2)CN(OC(C)(C)C)C3)C1. The fourth-order valence-electron chi connectivity index (χ4n) is 4.61. The van der Waals surface area contributed by atoms with E-state index in [9.17, 15) is 0 Å². The smallest absolute Gasteiger partial charge is 0.0815 e. The van der Waals surface area contributed by atoms with Gasteiger partial charge in [0.25, 0.3) is 0 Å². The molecule has 0 amide bonds. The average molecular weight is 428 g/mol. The minimum Gasteiger partial charge on any atom is -0.381 e. The van der Waals surface area contributed by atoms with Crippen LogP contribution < -0.4 is 0 Å². The van der Waals surface area contributed by atoms with E-state index in [-0.39, 0.29) is 11.2 Å². The molecule has 0 atom stereocenters. The van der Waals surface area contributed by atoms with Crippen molar-refractivity contribution in [3.8, 4) is 0 Å². The van der Waals surface area contributed by atoms with Gasteiger partial charge < -0.3 is 18.9 Å². The summed E-state index contributed by atoms with van der Waals surface area (Å²) in [5, 5.41) is 2.11. The third-order valence-electron chi connectivity index (χ3n) is 5.89. The molecule has 2 saturated carbocycles. The van der Waals surface area contributed by atoms with Crippen molar-refractivity contribution in [3.63, 3.8) is 0 Å². The van der Waals surface area contributed by atoms with Crippen molar-refractivity contribution in [2.24, 2.45) is 5.41 Å². The zero-order valence-electron chi connectivity index (χ0n) is 20.2. The van der Waals surface area contributed by atoms with Gasteiger partial charge in [-0.1, -0.05) is 0 Å². The van der Waals surface area contributed by atoms with Gasteiger partial charge in [0.05, 0.1) is 29.5 Å². The number of nitrogens with zero attached hydrogens (tertiary/aromatic N) is 1. The Kier molecular flexibility index (Phi) is 8.25. The van der Waals surface area contributed by atoms with Gasteiger partial charge in [-0.15, -0.1) is 0 Å². The lowest BCUT2D eigenvalue weighted by molar-refractivity contribution is -0.322. The highest BCUT2D eigenvalue weighted by molar-refractivity contribution is 5.03. The highest BCUT2D eigenvalue weighted by Crippen LogP contribution is 2.50. The van der Waals surface area contributed by atoms with Crippen LogP contribution in [0.2, 0.25) is 0 Å². The highest BCUT2D eigenvalue weighted by Gasteiger charge is 2.54. The maximum atomic E-state index is 6.00. The van der Waals surface area contributed by atoms with Crippen LogP contribution in [0.25, 0.3) is 0 Å². The van der Waals surface area contributed by atoms with Gasteiger partial charge in [-0.05, 0) is 80.1 Å². The monoisotopic (exact) mass is 427 g/mol. The third kappa shape index (κ3) is 8.03. The van der Waals surface area contributed by atoms with Crippen LogP contribution in [0.1, 0.15) is 80.1 Å². The Morgan fingerprint density at radius 1 is 0.733 bits per heavy atom. The number of ether oxygens (including phenoxy) is 4. The van der Waals surface area contributed by atoms with E-state index in [2.05, 4.69) is 46.6 Å². The normalized spacial score (nSPS) is 27.0. The fraction of sp³-hybridized carbons (Fsp3) is 1.00. The molecule has 3 fully saturated rings. The third-order valence-corrected chi connectivity index (χ3v) is 5.89. The van der Waals surface area contributed by atoms with Gasteiger partial charge in [0.2, 0.25) is 0 Å². The Balaban J connectivity index is 1.06. The Labute approximate surface area is 183 Å². The van der Waals surface area contributed by atoms with Crippen LogP contribution in [-0.2, 0) is 23.8 Å². The lowest BCUT2D eigenvalue weighted by Crippen LogP contribution is -2.64. The van der Waals surface area contributed by atoms with Crippen LogP contribution in [0.5, 0.6) is 0 Å². The first-order chi connectivity index (χ1) is 14.0. The van der Waals surface area contributed by atoms with E-state index in [0.29, 0.717) is 23.7 Å². The second kappa shape index (κ2) is 10.1. The minimum atomic E-state index is -0.0886. The summed E-state index contributed by atoms with van der Waals surface area (Å²) in [6, 6.07) is 0. The molecule has 0 aromatic rings. The zero-order chi connectivity index (χ0) is 21.8. The molecule has 1 spiro atoms. The first-order valence-corrected chi connectivity index (χ1v) is 11.9. The number of hydrogen-bond donors (Lipinski definition) is 0.